The highest BCUT2D eigenvalue weighted by atomic mass is 32.2. The predicted molar refractivity (Wildman–Crippen MR) is 122 cm³/mol. The molecular formula is C24H24N2O5S. The van der Waals surface area contributed by atoms with Crippen molar-refractivity contribution in [1.82, 2.24) is 5.32 Å². The average molecular weight is 453 g/mol. The van der Waals surface area contributed by atoms with Crippen LogP contribution in [0.1, 0.15) is 23.2 Å². The zero-order valence-corrected chi connectivity index (χ0v) is 18.2. The van der Waals surface area contributed by atoms with E-state index in [0.29, 0.717) is 24.7 Å². The number of amides is 1. The van der Waals surface area contributed by atoms with Gasteiger partial charge in [-0.1, -0.05) is 30.3 Å². The Morgan fingerprint density at radius 1 is 0.938 bits per heavy atom. The molecule has 32 heavy (non-hydrogen) atoms. The van der Waals surface area contributed by atoms with E-state index in [4.69, 9.17) is 9.47 Å². The summed E-state index contributed by atoms with van der Waals surface area (Å²) in [4.78, 5) is 12.7. The molecule has 0 spiro atoms. The van der Waals surface area contributed by atoms with Gasteiger partial charge < -0.3 is 14.8 Å². The average Bonchev–Trinajstić information content (AvgIpc) is 3.32. The Morgan fingerprint density at radius 3 is 2.34 bits per heavy atom. The minimum absolute atomic E-state index is 0.000534. The first kappa shape index (κ1) is 21.9. The lowest BCUT2D eigenvalue weighted by atomic mass is 10.1. The van der Waals surface area contributed by atoms with Gasteiger partial charge in [-0.3, -0.25) is 9.52 Å². The van der Waals surface area contributed by atoms with Gasteiger partial charge in [0.1, 0.15) is 11.5 Å². The number of ether oxygens (including phenoxy) is 2. The molecule has 0 saturated carbocycles. The Bertz CT molecular complexity index is 1160. The van der Waals surface area contributed by atoms with Gasteiger partial charge in [0.05, 0.1) is 22.3 Å². The molecule has 1 saturated heterocycles. The van der Waals surface area contributed by atoms with Gasteiger partial charge in [-0.25, -0.2) is 8.42 Å². The number of hydrogen-bond donors (Lipinski definition) is 2. The third-order valence-electron chi connectivity index (χ3n) is 5.04. The van der Waals surface area contributed by atoms with Crippen molar-refractivity contribution in [2.75, 3.05) is 17.9 Å². The molecule has 0 bridgehead atoms. The zero-order valence-electron chi connectivity index (χ0n) is 17.4. The smallest absolute Gasteiger partial charge is 0.261 e. The van der Waals surface area contributed by atoms with E-state index in [1.165, 1.54) is 12.1 Å². The molecule has 3 aromatic rings. The fourth-order valence-corrected chi connectivity index (χ4v) is 4.47. The summed E-state index contributed by atoms with van der Waals surface area (Å²) in [7, 11) is -3.90. The van der Waals surface area contributed by atoms with Crippen molar-refractivity contribution in [2.45, 2.75) is 23.8 Å². The van der Waals surface area contributed by atoms with Crippen LogP contribution < -0.4 is 14.8 Å². The van der Waals surface area contributed by atoms with Gasteiger partial charge in [0.25, 0.3) is 15.9 Å². The lowest BCUT2D eigenvalue weighted by molar-refractivity contribution is 0.0858. The standard InChI is InChI=1S/C24H24N2O5S/c27-24(25-17-20-9-6-16-30-20)22-10-4-5-11-23(22)26-32(28,29)21-14-12-19(13-15-21)31-18-7-2-1-3-8-18/h1-5,7-8,10-15,20,26H,6,9,16-17H2,(H,25,27)/t20-/m0/s1. The SMILES string of the molecule is O=C(NC[C@@H]1CCCO1)c1ccccc1NS(=O)(=O)c1ccc(Oc2ccccc2)cc1. The molecule has 1 heterocycles. The van der Waals surface area contributed by atoms with E-state index in [1.54, 1.807) is 36.4 Å². The lowest BCUT2D eigenvalue weighted by Crippen LogP contribution is -2.32. The zero-order chi connectivity index (χ0) is 22.4. The first-order valence-corrected chi connectivity index (χ1v) is 11.8. The van der Waals surface area contributed by atoms with Crippen molar-refractivity contribution >= 4 is 21.6 Å². The number of hydrogen-bond acceptors (Lipinski definition) is 5. The van der Waals surface area contributed by atoms with Crippen molar-refractivity contribution in [3.63, 3.8) is 0 Å². The molecule has 1 fully saturated rings. The van der Waals surface area contributed by atoms with Crippen LogP contribution >= 0.6 is 0 Å². The van der Waals surface area contributed by atoms with Crippen LogP contribution in [0.2, 0.25) is 0 Å². The first-order chi connectivity index (χ1) is 15.5. The molecule has 166 valence electrons. The Labute approximate surface area is 187 Å². The highest BCUT2D eigenvalue weighted by Gasteiger charge is 2.21. The number of benzene rings is 3. The molecular weight excluding hydrogens is 428 g/mol. The van der Waals surface area contributed by atoms with E-state index in [0.717, 1.165) is 12.8 Å². The van der Waals surface area contributed by atoms with Gasteiger partial charge >= 0.3 is 0 Å². The summed E-state index contributed by atoms with van der Waals surface area (Å²) in [5.74, 6) is 0.818. The summed E-state index contributed by atoms with van der Waals surface area (Å²) in [6.45, 7) is 1.09. The largest absolute Gasteiger partial charge is 0.457 e. The van der Waals surface area contributed by atoms with E-state index >= 15 is 0 Å². The van der Waals surface area contributed by atoms with Gasteiger partial charge in [0.15, 0.2) is 0 Å². The molecule has 7 nitrogen and oxygen atoms in total. The third kappa shape index (κ3) is 5.46. The Kier molecular flexibility index (Phi) is 6.72. The Morgan fingerprint density at radius 2 is 1.62 bits per heavy atom. The van der Waals surface area contributed by atoms with Crippen molar-refractivity contribution in [3.05, 3.63) is 84.4 Å². The van der Waals surface area contributed by atoms with Crippen molar-refractivity contribution in [2.24, 2.45) is 0 Å². The van der Waals surface area contributed by atoms with Gasteiger partial charge in [-0.2, -0.15) is 0 Å². The van der Waals surface area contributed by atoms with Gasteiger partial charge in [-0.15, -0.1) is 0 Å². The summed E-state index contributed by atoms with van der Waals surface area (Å²) >= 11 is 0. The monoisotopic (exact) mass is 452 g/mol. The molecule has 1 aliphatic rings. The number of rotatable bonds is 8. The number of para-hydroxylation sites is 2. The van der Waals surface area contributed by atoms with E-state index in [9.17, 15) is 13.2 Å². The van der Waals surface area contributed by atoms with Crippen molar-refractivity contribution < 1.29 is 22.7 Å². The number of nitrogens with one attached hydrogen (secondary N) is 2. The van der Waals surface area contributed by atoms with Gasteiger partial charge in [0, 0.05) is 13.2 Å². The minimum Gasteiger partial charge on any atom is -0.457 e. The van der Waals surface area contributed by atoms with Crippen molar-refractivity contribution in [3.8, 4) is 11.5 Å². The normalized spacial score (nSPS) is 15.8. The minimum atomic E-state index is -3.90. The fraction of sp³-hybridized carbons (Fsp3) is 0.208. The molecule has 0 radical (unpaired) electrons. The van der Waals surface area contributed by atoms with Crippen LogP contribution in [0.15, 0.2) is 83.8 Å². The molecule has 1 atom stereocenters. The molecule has 3 aromatic carbocycles. The first-order valence-electron chi connectivity index (χ1n) is 10.4. The highest BCUT2D eigenvalue weighted by molar-refractivity contribution is 7.92. The quantitative estimate of drug-likeness (QED) is 0.535. The van der Waals surface area contributed by atoms with Crippen LogP contribution in [0, 0.1) is 0 Å². The summed E-state index contributed by atoms with van der Waals surface area (Å²) in [5.41, 5.74) is 0.458. The molecule has 0 unspecified atom stereocenters. The summed E-state index contributed by atoms with van der Waals surface area (Å²) in [6.07, 6.45) is 1.88. The second-order valence-electron chi connectivity index (χ2n) is 7.38. The molecule has 2 N–H and O–H groups in total. The molecule has 1 amide bonds. The van der Waals surface area contributed by atoms with E-state index in [-0.39, 0.29) is 28.2 Å². The molecule has 1 aliphatic heterocycles. The number of anilines is 1. The lowest BCUT2D eigenvalue weighted by Gasteiger charge is -2.15. The van der Waals surface area contributed by atoms with E-state index in [1.807, 2.05) is 30.3 Å². The number of sulfonamides is 1. The maximum absolute atomic E-state index is 12.9. The Balaban J connectivity index is 1.45. The van der Waals surface area contributed by atoms with Crippen LogP contribution in [0.4, 0.5) is 5.69 Å². The predicted octanol–water partition coefficient (Wildman–Crippen LogP) is 4.19. The van der Waals surface area contributed by atoms with Gasteiger partial charge in [0.2, 0.25) is 0 Å². The van der Waals surface area contributed by atoms with E-state index in [2.05, 4.69) is 10.0 Å². The second kappa shape index (κ2) is 9.84. The van der Waals surface area contributed by atoms with Crippen LogP contribution in [-0.4, -0.2) is 33.6 Å². The third-order valence-corrected chi connectivity index (χ3v) is 6.42. The van der Waals surface area contributed by atoms with Gasteiger partial charge in [-0.05, 0) is 61.4 Å². The molecule has 0 aromatic heterocycles. The molecule has 0 aliphatic carbocycles. The maximum Gasteiger partial charge on any atom is 0.261 e. The topological polar surface area (TPSA) is 93.7 Å². The fourth-order valence-electron chi connectivity index (χ4n) is 3.39. The van der Waals surface area contributed by atoms with Crippen LogP contribution in [0.3, 0.4) is 0 Å². The molecule has 4 rings (SSSR count). The van der Waals surface area contributed by atoms with Crippen LogP contribution in [0.5, 0.6) is 11.5 Å². The molecule has 8 heteroatoms. The summed E-state index contributed by atoms with van der Waals surface area (Å²) in [6, 6.07) is 21.8. The maximum atomic E-state index is 12.9. The number of carbonyl (C=O) groups is 1. The Hall–Kier alpha value is -3.36. The summed E-state index contributed by atoms with van der Waals surface area (Å²) in [5, 5.41) is 2.82. The summed E-state index contributed by atoms with van der Waals surface area (Å²) < 4.78 is 39.6. The number of carbonyl (C=O) groups excluding carboxylic acids is 1. The van der Waals surface area contributed by atoms with Crippen LogP contribution in [-0.2, 0) is 14.8 Å². The van der Waals surface area contributed by atoms with Crippen LogP contribution in [0.25, 0.3) is 0 Å². The second-order valence-corrected chi connectivity index (χ2v) is 9.07. The van der Waals surface area contributed by atoms with Crippen molar-refractivity contribution in [1.29, 1.82) is 0 Å². The van der Waals surface area contributed by atoms with E-state index < -0.39 is 10.0 Å². The highest BCUT2D eigenvalue weighted by Crippen LogP contribution is 2.25.